The van der Waals surface area contributed by atoms with E-state index < -0.39 is 0 Å². The number of hydrogen-bond donors (Lipinski definition) is 0. The summed E-state index contributed by atoms with van der Waals surface area (Å²) in [6.07, 6.45) is 8.82. The number of anilines is 3. The largest absolute Gasteiger partial charge is 0.471 e. The van der Waals surface area contributed by atoms with Gasteiger partial charge >= 0.3 is 0 Å². The summed E-state index contributed by atoms with van der Waals surface area (Å²) in [6.45, 7) is 0. The molecule has 0 atom stereocenters. The maximum atomic E-state index is 4.33. The molecule has 0 bridgehead atoms. The Morgan fingerprint density at radius 3 is 2.10 bits per heavy atom. The van der Waals surface area contributed by atoms with E-state index in [1.165, 1.54) is 0 Å². The minimum Gasteiger partial charge on any atom is -0.471 e. The van der Waals surface area contributed by atoms with E-state index in [9.17, 15) is 0 Å². The second-order valence-corrected chi connectivity index (χ2v) is 6.47. The molecule has 0 unspecified atom stereocenters. The van der Waals surface area contributed by atoms with E-state index in [2.05, 4.69) is 46.5 Å². The SMILES string of the molecule is [Pt].[c-]1c(N(c2[c-]c(-n3cccn3)ccc2)c2ccccc2)cccc1-n1[c-]ccc1. The summed E-state index contributed by atoms with van der Waals surface area (Å²) < 4.78 is 3.73. The van der Waals surface area contributed by atoms with Crippen LogP contribution < -0.4 is 4.90 Å². The monoisotopic (exact) mass is 568 g/mol. The molecule has 5 aromatic rings. The average Bonchev–Trinajstić information content (AvgIpc) is 3.50. The molecule has 0 saturated heterocycles. The summed E-state index contributed by atoms with van der Waals surface area (Å²) in [7, 11) is 0. The zero-order valence-corrected chi connectivity index (χ0v) is 18.2. The Hall–Kier alpha value is -3.36. The number of hydrogen-bond acceptors (Lipinski definition) is 2. The van der Waals surface area contributed by atoms with Crippen LogP contribution >= 0.6 is 0 Å². The first kappa shape index (κ1) is 19.9. The van der Waals surface area contributed by atoms with Crippen LogP contribution in [0.4, 0.5) is 17.1 Å². The third kappa shape index (κ3) is 4.00. The normalized spacial score (nSPS) is 10.4. The molecule has 0 radical (unpaired) electrons. The van der Waals surface area contributed by atoms with Crippen LogP contribution in [0.5, 0.6) is 0 Å². The fourth-order valence-electron chi connectivity index (χ4n) is 3.27. The summed E-state index contributed by atoms with van der Waals surface area (Å²) in [5, 5.41) is 4.33. The van der Waals surface area contributed by atoms with Gasteiger partial charge in [0.05, 0.1) is 0 Å². The molecular formula is C25H17N4Pt-3. The van der Waals surface area contributed by atoms with Gasteiger partial charge in [-0.05, 0) is 23.9 Å². The van der Waals surface area contributed by atoms with Gasteiger partial charge in [-0.3, -0.25) is 4.68 Å². The molecule has 0 spiro atoms. The smallest absolute Gasteiger partial charge is 0.0493 e. The van der Waals surface area contributed by atoms with Crippen LogP contribution in [0.15, 0.2) is 104 Å². The van der Waals surface area contributed by atoms with Gasteiger partial charge in [-0.2, -0.15) is 41.1 Å². The first-order valence-corrected chi connectivity index (χ1v) is 9.34. The molecule has 0 fully saturated rings. The van der Waals surface area contributed by atoms with Crippen LogP contribution in [0.2, 0.25) is 0 Å². The van der Waals surface area contributed by atoms with Gasteiger partial charge in [0.2, 0.25) is 0 Å². The van der Waals surface area contributed by atoms with Crippen molar-refractivity contribution < 1.29 is 21.1 Å². The van der Waals surface area contributed by atoms with Crippen molar-refractivity contribution in [1.82, 2.24) is 14.3 Å². The van der Waals surface area contributed by atoms with Gasteiger partial charge in [0.25, 0.3) is 0 Å². The molecule has 30 heavy (non-hydrogen) atoms. The van der Waals surface area contributed by atoms with E-state index in [4.69, 9.17) is 0 Å². The van der Waals surface area contributed by atoms with Gasteiger partial charge < -0.3 is 9.47 Å². The van der Waals surface area contributed by atoms with E-state index in [-0.39, 0.29) is 21.1 Å². The molecule has 0 aliphatic carbocycles. The van der Waals surface area contributed by atoms with E-state index in [1.807, 2.05) is 88.4 Å². The van der Waals surface area contributed by atoms with Crippen LogP contribution in [0.25, 0.3) is 11.4 Å². The molecule has 5 heteroatoms. The zero-order chi connectivity index (χ0) is 19.5. The van der Waals surface area contributed by atoms with E-state index in [0.717, 1.165) is 28.4 Å². The minimum atomic E-state index is 0. The summed E-state index contributed by atoms with van der Waals surface area (Å²) in [5.41, 5.74) is 4.67. The molecule has 2 aromatic heterocycles. The molecule has 0 aliphatic rings. The molecule has 4 nitrogen and oxygen atoms in total. The average molecular weight is 569 g/mol. The summed E-state index contributed by atoms with van der Waals surface area (Å²) in [5.74, 6) is 0. The Morgan fingerprint density at radius 1 is 0.700 bits per heavy atom. The Balaban J connectivity index is 0.00000218. The van der Waals surface area contributed by atoms with Gasteiger partial charge in [-0.15, -0.1) is 36.5 Å². The Bertz CT molecular complexity index is 1120. The first-order valence-electron chi connectivity index (χ1n) is 9.34. The van der Waals surface area contributed by atoms with Crippen LogP contribution in [0, 0.1) is 18.3 Å². The quantitative estimate of drug-likeness (QED) is 0.261. The van der Waals surface area contributed by atoms with Gasteiger partial charge in [-0.25, -0.2) is 0 Å². The fraction of sp³-hybridized carbons (Fsp3) is 0. The Kier molecular flexibility index (Phi) is 5.96. The van der Waals surface area contributed by atoms with Crippen molar-refractivity contribution in [1.29, 1.82) is 0 Å². The summed E-state index contributed by atoms with van der Waals surface area (Å²) in [6, 6.07) is 35.1. The maximum absolute atomic E-state index is 4.33. The van der Waals surface area contributed by atoms with E-state index >= 15 is 0 Å². The molecule has 3 aromatic carbocycles. The maximum Gasteiger partial charge on any atom is 0.0493 e. The van der Waals surface area contributed by atoms with Crippen molar-refractivity contribution in [3.63, 3.8) is 0 Å². The summed E-state index contributed by atoms with van der Waals surface area (Å²) in [4.78, 5) is 2.14. The van der Waals surface area contributed by atoms with Crippen LogP contribution in [0.3, 0.4) is 0 Å². The van der Waals surface area contributed by atoms with Crippen LogP contribution in [-0.4, -0.2) is 14.3 Å². The number of aromatic nitrogens is 3. The van der Waals surface area contributed by atoms with Crippen molar-refractivity contribution in [2.75, 3.05) is 4.90 Å². The zero-order valence-electron chi connectivity index (χ0n) is 15.9. The second kappa shape index (κ2) is 8.98. The number of rotatable bonds is 5. The third-order valence-electron chi connectivity index (χ3n) is 4.58. The van der Waals surface area contributed by atoms with E-state index in [0.29, 0.717) is 0 Å². The van der Waals surface area contributed by atoms with Gasteiger partial charge in [0, 0.05) is 39.1 Å². The van der Waals surface area contributed by atoms with Crippen LogP contribution in [0.1, 0.15) is 0 Å². The first-order chi connectivity index (χ1) is 14.4. The molecule has 5 rings (SSSR count). The van der Waals surface area contributed by atoms with Gasteiger partial charge in [0.1, 0.15) is 0 Å². The molecule has 0 amide bonds. The predicted octanol–water partition coefficient (Wildman–Crippen LogP) is 5.53. The van der Waals surface area contributed by atoms with Crippen molar-refractivity contribution >= 4 is 17.1 Å². The van der Waals surface area contributed by atoms with Gasteiger partial charge in [0.15, 0.2) is 0 Å². The van der Waals surface area contributed by atoms with E-state index in [1.54, 1.807) is 6.20 Å². The topological polar surface area (TPSA) is 26.0 Å². The summed E-state index contributed by atoms with van der Waals surface area (Å²) >= 11 is 0. The predicted molar refractivity (Wildman–Crippen MR) is 114 cm³/mol. The fourth-order valence-corrected chi connectivity index (χ4v) is 3.27. The Labute approximate surface area is 190 Å². The number of nitrogens with zero attached hydrogens (tertiary/aromatic N) is 4. The van der Waals surface area contributed by atoms with Crippen LogP contribution in [-0.2, 0) is 21.1 Å². The number of benzene rings is 3. The minimum absolute atomic E-state index is 0. The van der Waals surface area contributed by atoms with Gasteiger partial charge in [-0.1, -0.05) is 35.8 Å². The third-order valence-corrected chi connectivity index (χ3v) is 4.58. The molecule has 2 heterocycles. The van der Waals surface area contributed by atoms with Crippen molar-refractivity contribution in [3.8, 4) is 11.4 Å². The standard InChI is InChI=1S/C25H17N4.Pt/c1-2-9-21(10-3-1)29(24-13-6-11-22(19-24)27-16-4-5-17-27)25-14-7-12-23(20-25)28-18-8-15-26-28;/h1-16,18H;/q-3;. The van der Waals surface area contributed by atoms with Crippen molar-refractivity contribution in [2.24, 2.45) is 0 Å². The Morgan fingerprint density at radius 2 is 1.43 bits per heavy atom. The molecule has 150 valence electrons. The second-order valence-electron chi connectivity index (χ2n) is 6.47. The molecule has 0 N–H and O–H groups in total. The number of para-hydroxylation sites is 1. The molecule has 0 saturated carbocycles. The van der Waals surface area contributed by atoms with Crippen molar-refractivity contribution in [2.45, 2.75) is 0 Å². The molecule has 0 aliphatic heterocycles. The van der Waals surface area contributed by atoms with Crippen molar-refractivity contribution in [3.05, 3.63) is 122 Å². The molecular weight excluding hydrogens is 551 g/mol.